The van der Waals surface area contributed by atoms with Crippen LogP contribution in [0.2, 0.25) is 0 Å². The average Bonchev–Trinajstić information content (AvgIpc) is 3.77. The second kappa shape index (κ2) is 12.3. The van der Waals surface area contributed by atoms with Crippen molar-refractivity contribution in [2.24, 2.45) is 0 Å². The summed E-state index contributed by atoms with van der Waals surface area (Å²) in [5.74, 6) is 0.583. The summed E-state index contributed by atoms with van der Waals surface area (Å²) in [6.45, 7) is 6.68. The summed E-state index contributed by atoms with van der Waals surface area (Å²) in [4.78, 5) is 44.3. The minimum absolute atomic E-state index is 0.154. The third kappa shape index (κ3) is 5.64. The fourth-order valence-electron chi connectivity index (χ4n) is 7.42. The van der Waals surface area contributed by atoms with Gasteiger partial charge in [0.05, 0.1) is 37.3 Å². The zero-order chi connectivity index (χ0) is 31.9. The summed E-state index contributed by atoms with van der Waals surface area (Å²) < 4.78 is 6.31. The molecule has 3 saturated heterocycles. The summed E-state index contributed by atoms with van der Waals surface area (Å²) in [6.07, 6.45) is 2.03. The number of carbonyl (C=O) groups excluding carboxylic acids is 1. The number of amides is 2. The van der Waals surface area contributed by atoms with E-state index in [0.29, 0.717) is 44.8 Å². The molecule has 3 fully saturated rings. The lowest BCUT2D eigenvalue weighted by Gasteiger charge is -2.42. The van der Waals surface area contributed by atoms with Crippen LogP contribution < -0.4 is 14.5 Å². The molecule has 3 atom stereocenters. The van der Waals surface area contributed by atoms with E-state index in [1.54, 1.807) is 4.90 Å². The second-order valence-electron chi connectivity index (χ2n) is 12.9. The van der Waals surface area contributed by atoms with E-state index in [0.717, 1.165) is 54.3 Å². The van der Waals surface area contributed by atoms with Crippen LogP contribution in [0.25, 0.3) is 10.8 Å². The maximum Gasteiger partial charge on any atom is 0.408 e. The number of aryl methyl sites for hydroxylation is 1. The van der Waals surface area contributed by atoms with Crippen molar-refractivity contribution in [1.29, 1.82) is 5.26 Å². The lowest BCUT2D eigenvalue weighted by molar-refractivity contribution is -0.134. The quantitative estimate of drug-likeness (QED) is 0.391. The first-order valence-corrected chi connectivity index (χ1v) is 16.2. The number of hydrogen-bond acceptors (Lipinski definition) is 9. The molecule has 4 aliphatic rings. The largest absolute Gasteiger partial charge is 0.465 e. The van der Waals surface area contributed by atoms with E-state index in [9.17, 15) is 20.0 Å². The van der Waals surface area contributed by atoms with Crippen LogP contribution in [-0.2, 0) is 17.8 Å². The van der Waals surface area contributed by atoms with Crippen molar-refractivity contribution < 1.29 is 19.4 Å². The van der Waals surface area contributed by atoms with E-state index in [2.05, 4.69) is 71.1 Å². The number of ether oxygens (including phenoxy) is 1. The van der Waals surface area contributed by atoms with Gasteiger partial charge in [0.25, 0.3) is 0 Å². The minimum Gasteiger partial charge on any atom is -0.465 e. The Labute approximate surface area is 268 Å². The molecule has 0 saturated carbocycles. The Balaban J connectivity index is 1.19. The first kappa shape index (κ1) is 30.0. The SMILES string of the molecule is Cc1cccc2cccc(N3CCc4c(nc(OC[C@@H]5CCCN5C)nc4N4CCN(C(=O)C5CN5C(=O)O)[C@@H](CC#N)C4)C3)c12. The summed E-state index contributed by atoms with van der Waals surface area (Å²) >= 11 is 0. The van der Waals surface area contributed by atoms with Crippen LogP contribution >= 0.6 is 0 Å². The molecule has 0 aliphatic carbocycles. The lowest BCUT2D eigenvalue weighted by Crippen LogP contribution is -2.57. The number of benzene rings is 2. The number of anilines is 2. The predicted molar refractivity (Wildman–Crippen MR) is 173 cm³/mol. The van der Waals surface area contributed by atoms with Gasteiger partial charge in [-0.3, -0.25) is 9.69 Å². The van der Waals surface area contributed by atoms with Gasteiger partial charge in [0, 0.05) is 48.9 Å². The molecular formula is C34H40N8O4. The predicted octanol–water partition coefficient (Wildman–Crippen LogP) is 3.27. The number of nitriles is 1. The molecule has 7 rings (SSSR count). The fourth-order valence-corrected chi connectivity index (χ4v) is 7.42. The van der Waals surface area contributed by atoms with Crippen molar-refractivity contribution in [2.75, 3.05) is 62.7 Å². The van der Waals surface area contributed by atoms with Crippen molar-refractivity contribution in [1.82, 2.24) is 24.7 Å². The average molecular weight is 625 g/mol. The van der Waals surface area contributed by atoms with Crippen LogP contribution in [0.3, 0.4) is 0 Å². The molecule has 5 heterocycles. The van der Waals surface area contributed by atoms with Crippen LogP contribution in [0.5, 0.6) is 6.01 Å². The molecular weight excluding hydrogens is 584 g/mol. The van der Waals surface area contributed by atoms with Gasteiger partial charge in [-0.25, -0.2) is 4.79 Å². The number of hydrogen-bond donors (Lipinski definition) is 1. The van der Waals surface area contributed by atoms with Crippen LogP contribution in [0.1, 0.15) is 36.1 Å². The molecule has 2 amide bonds. The van der Waals surface area contributed by atoms with E-state index in [1.807, 2.05) is 0 Å². The molecule has 3 aromatic rings. The molecule has 2 aromatic carbocycles. The van der Waals surface area contributed by atoms with Gasteiger partial charge in [0.2, 0.25) is 5.91 Å². The van der Waals surface area contributed by atoms with Crippen LogP contribution in [0, 0.1) is 18.3 Å². The molecule has 0 radical (unpaired) electrons. The molecule has 0 bridgehead atoms. The van der Waals surface area contributed by atoms with Crippen molar-refractivity contribution >= 4 is 34.3 Å². The van der Waals surface area contributed by atoms with E-state index < -0.39 is 12.1 Å². The maximum absolute atomic E-state index is 13.3. The number of aromatic nitrogens is 2. The normalized spacial score (nSPS) is 22.9. The first-order chi connectivity index (χ1) is 22.3. The number of carbonyl (C=O) groups is 2. The monoisotopic (exact) mass is 624 g/mol. The summed E-state index contributed by atoms with van der Waals surface area (Å²) in [6, 6.07) is 14.7. The summed E-state index contributed by atoms with van der Waals surface area (Å²) in [5, 5.41) is 21.4. The topological polar surface area (TPSA) is 129 Å². The van der Waals surface area contributed by atoms with Gasteiger partial charge in [-0.05, 0) is 56.8 Å². The summed E-state index contributed by atoms with van der Waals surface area (Å²) in [5.41, 5.74) is 4.43. The van der Waals surface area contributed by atoms with Gasteiger partial charge in [0.15, 0.2) is 0 Å². The Bertz CT molecular complexity index is 1700. The third-order valence-electron chi connectivity index (χ3n) is 10.1. The van der Waals surface area contributed by atoms with Gasteiger partial charge >= 0.3 is 12.1 Å². The van der Waals surface area contributed by atoms with Crippen LogP contribution in [-0.4, -0.2) is 113 Å². The highest BCUT2D eigenvalue weighted by Crippen LogP contribution is 2.36. The van der Waals surface area contributed by atoms with Crippen LogP contribution in [0.4, 0.5) is 16.3 Å². The number of piperazine rings is 1. The van der Waals surface area contributed by atoms with Crippen molar-refractivity contribution in [2.45, 2.75) is 57.3 Å². The lowest BCUT2D eigenvalue weighted by atomic mass is 9.99. The van der Waals surface area contributed by atoms with Crippen molar-refractivity contribution in [3.05, 3.63) is 53.2 Å². The molecule has 46 heavy (non-hydrogen) atoms. The smallest absolute Gasteiger partial charge is 0.408 e. The van der Waals surface area contributed by atoms with E-state index in [-0.39, 0.29) is 24.9 Å². The van der Waals surface area contributed by atoms with Gasteiger partial charge in [0.1, 0.15) is 18.5 Å². The zero-order valence-corrected chi connectivity index (χ0v) is 26.4. The highest BCUT2D eigenvalue weighted by molar-refractivity contribution is 5.97. The van der Waals surface area contributed by atoms with Crippen molar-refractivity contribution in [3.63, 3.8) is 0 Å². The number of likely N-dealkylation sites (N-methyl/N-ethyl adjacent to an activating group) is 1. The minimum atomic E-state index is -1.09. The highest BCUT2D eigenvalue weighted by atomic mass is 16.5. The second-order valence-corrected chi connectivity index (χ2v) is 12.9. The Morgan fingerprint density at radius 2 is 1.85 bits per heavy atom. The zero-order valence-electron chi connectivity index (χ0n) is 26.4. The van der Waals surface area contributed by atoms with E-state index in [1.165, 1.54) is 22.0 Å². The van der Waals surface area contributed by atoms with E-state index >= 15 is 0 Å². The number of likely N-dealkylation sites (tertiary alicyclic amines) is 1. The third-order valence-corrected chi connectivity index (χ3v) is 10.1. The van der Waals surface area contributed by atoms with E-state index in [4.69, 9.17) is 14.7 Å². The summed E-state index contributed by atoms with van der Waals surface area (Å²) in [7, 11) is 2.12. The standard InChI is InChI=1S/C34H40N8O4/c1-22-6-3-7-23-8-4-10-28(30(22)23)39-15-12-26-27(19-39)36-33(46-21-25-9-5-14-38(25)2)37-31(26)40-16-17-41(24(18-40)11-13-35)32(43)29-20-42(29)34(44)45/h3-4,6-8,10,24-25,29H,5,9,11-12,14-21H2,1-2H3,(H,44,45)/t24-,25-,29?,42?/m0/s1. The molecule has 1 N–H and O–H groups in total. The molecule has 240 valence electrons. The number of nitrogens with zero attached hydrogens (tertiary/aromatic N) is 8. The molecule has 1 unspecified atom stereocenters. The molecule has 12 nitrogen and oxygen atoms in total. The van der Waals surface area contributed by atoms with Crippen molar-refractivity contribution in [3.8, 4) is 12.1 Å². The Morgan fingerprint density at radius 3 is 2.59 bits per heavy atom. The molecule has 4 aliphatic heterocycles. The molecule has 1 aromatic heterocycles. The maximum atomic E-state index is 13.3. The van der Waals surface area contributed by atoms with Crippen LogP contribution in [0.15, 0.2) is 36.4 Å². The first-order valence-electron chi connectivity index (χ1n) is 16.2. The Kier molecular flexibility index (Phi) is 8.02. The van der Waals surface area contributed by atoms with Gasteiger partial charge in [-0.15, -0.1) is 0 Å². The Morgan fingerprint density at radius 1 is 1.02 bits per heavy atom. The Hall–Kier alpha value is -4.63. The molecule has 0 spiro atoms. The number of carboxylic acid groups (broad SMARTS) is 1. The van der Waals surface area contributed by atoms with Gasteiger partial charge in [-0.2, -0.15) is 15.2 Å². The van der Waals surface area contributed by atoms with Gasteiger partial charge in [-0.1, -0.05) is 30.3 Å². The molecule has 12 heteroatoms. The fraction of sp³-hybridized carbons (Fsp3) is 0.500. The highest BCUT2D eigenvalue weighted by Gasteiger charge is 2.48. The van der Waals surface area contributed by atoms with Gasteiger partial charge < -0.3 is 29.4 Å². The number of rotatable bonds is 7. The number of fused-ring (bicyclic) bond motifs is 2.